The molecule has 5 N–H and O–H groups in total. The van der Waals surface area contributed by atoms with Crippen molar-refractivity contribution in [3.63, 3.8) is 0 Å². The Morgan fingerprint density at radius 3 is 2.54 bits per heavy atom. The summed E-state index contributed by atoms with van der Waals surface area (Å²) in [4.78, 5) is 11.4. The van der Waals surface area contributed by atoms with Crippen LogP contribution in [-0.4, -0.2) is 17.7 Å². The molecule has 1 unspecified atom stereocenters. The van der Waals surface area contributed by atoms with E-state index in [2.05, 4.69) is 0 Å². The number of carbonyl (C=O) groups is 1. The van der Waals surface area contributed by atoms with Gasteiger partial charge < -0.3 is 16.9 Å². The van der Waals surface area contributed by atoms with Crippen molar-refractivity contribution in [2.45, 2.75) is 32.9 Å². The molecule has 0 bridgehead atoms. The van der Waals surface area contributed by atoms with E-state index in [9.17, 15) is 4.79 Å². The zero-order chi connectivity index (χ0) is 10.2. The minimum absolute atomic E-state index is 0.0662. The lowest BCUT2D eigenvalue weighted by atomic mass is 9.70. The molecule has 4 heteroatoms. The van der Waals surface area contributed by atoms with Gasteiger partial charge in [0.25, 0.3) is 0 Å². The number of hydrogen-bond donors (Lipinski definition) is 3. The third kappa shape index (κ3) is 2.14. The molecule has 1 fully saturated rings. The summed E-state index contributed by atoms with van der Waals surface area (Å²) in [7, 11) is 0. The standard InChI is InChI=1S/C9H17N3O/c1-9(2)3-5(8(11)12)7(10)6(13)4-9/h5,8,10H,3-4,11-12H2,1-2H3. The van der Waals surface area contributed by atoms with Crippen LogP contribution in [0.5, 0.6) is 0 Å². The molecule has 1 aliphatic carbocycles. The molecule has 0 heterocycles. The third-order valence-electron chi connectivity index (χ3n) is 2.55. The van der Waals surface area contributed by atoms with Gasteiger partial charge in [-0.3, -0.25) is 4.79 Å². The fourth-order valence-electron chi connectivity index (χ4n) is 1.83. The van der Waals surface area contributed by atoms with Gasteiger partial charge in [0.1, 0.15) is 0 Å². The van der Waals surface area contributed by atoms with E-state index < -0.39 is 6.17 Å². The lowest BCUT2D eigenvalue weighted by Crippen LogP contribution is -2.50. The van der Waals surface area contributed by atoms with Crippen LogP contribution < -0.4 is 11.5 Å². The summed E-state index contributed by atoms with van der Waals surface area (Å²) in [5, 5.41) is 7.55. The molecule has 13 heavy (non-hydrogen) atoms. The summed E-state index contributed by atoms with van der Waals surface area (Å²) < 4.78 is 0. The normalized spacial score (nSPS) is 28.2. The summed E-state index contributed by atoms with van der Waals surface area (Å²) in [5.74, 6) is -0.376. The van der Waals surface area contributed by atoms with Crippen molar-refractivity contribution in [1.82, 2.24) is 0 Å². The zero-order valence-electron chi connectivity index (χ0n) is 8.13. The van der Waals surface area contributed by atoms with E-state index in [1.54, 1.807) is 0 Å². The molecule has 1 atom stereocenters. The maximum Gasteiger partial charge on any atom is 0.177 e. The van der Waals surface area contributed by atoms with Crippen LogP contribution in [0.2, 0.25) is 0 Å². The van der Waals surface area contributed by atoms with Crippen LogP contribution in [0.1, 0.15) is 26.7 Å². The fourth-order valence-corrected chi connectivity index (χ4v) is 1.83. The van der Waals surface area contributed by atoms with Gasteiger partial charge in [0.15, 0.2) is 5.78 Å². The SMILES string of the molecule is CC1(C)CC(=O)C(=N)C(C(N)N)C1. The molecule has 0 saturated heterocycles. The van der Waals surface area contributed by atoms with Gasteiger partial charge in [0, 0.05) is 12.3 Å². The van der Waals surface area contributed by atoms with Crippen LogP contribution in [0.3, 0.4) is 0 Å². The first-order chi connectivity index (χ1) is 5.83. The first kappa shape index (κ1) is 10.3. The predicted molar refractivity (Wildman–Crippen MR) is 51.4 cm³/mol. The largest absolute Gasteiger partial charge is 0.316 e. The van der Waals surface area contributed by atoms with Gasteiger partial charge >= 0.3 is 0 Å². The molecule has 0 aromatic heterocycles. The Morgan fingerprint density at radius 2 is 2.08 bits per heavy atom. The molecule has 0 aromatic rings. The molecule has 1 aliphatic rings. The van der Waals surface area contributed by atoms with Crippen molar-refractivity contribution >= 4 is 11.5 Å². The molecule has 0 amide bonds. The second kappa shape index (κ2) is 3.20. The molecule has 1 rings (SSSR count). The van der Waals surface area contributed by atoms with Gasteiger partial charge in [0.2, 0.25) is 0 Å². The van der Waals surface area contributed by atoms with Crippen molar-refractivity contribution in [3.8, 4) is 0 Å². The van der Waals surface area contributed by atoms with Gasteiger partial charge in [-0.15, -0.1) is 0 Å². The fraction of sp³-hybridized carbons (Fsp3) is 0.778. The summed E-state index contributed by atoms with van der Waals surface area (Å²) in [6.45, 7) is 4.01. The second-order valence-corrected chi connectivity index (χ2v) is 4.57. The highest BCUT2D eigenvalue weighted by Gasteiger charge is 2.38. The lowest BCUT2D eigenvalue weighted by Gasteiger charge is -2.36. The Kier molecular flexibility index (Phi) is 2.54. The molecule has 4 nitrogen and oxygen atoms in total. The average Bonchev–Trinajstić information content (AvgIpc) is 1.95. The van der Waals surface area contributed by atoms with Gasteiger partial charge in [-0.1, -0.05) is 13.8 Å². The highest BCUT2D eigenvalue weighted by atomic mass is 16.1. The van der Waals surface area contributed by atoms with Gasteiger partial charge in [-0.25, -0.2) is 0 Å². The Bertz CT molecular complexity index is 245. The Hall–Kier alpha value is -0.740. The van der Waals surface area contributed by atoms with Crippen LogP contribution in [0.4, 0.5) is 0 Å². The van der Waals surface area contributed by atoms with Crippen LogP contribution in [0, 0.1) is 16.7 Å². The van der Waals surface area contributed by atoms with Crippen LogP contribution in [-0.2, 0) is 4.79 Å². The van der Waals surface area contributed by atoms with E-state index in [1.807, 2.05) is 13.8 Å². The number of ketones is 1. The Balaban J connectivity index is 2.85. The van der Waals surface area contributed by atoms with Gasteiger partial charge in [-0.05, 0) is 11.8 Å². The topological polar surface area (TPSA) is 93.0 Å². The zero-order valence-corrected chi connectivity index (χ0v) is 8.13. The maximum absolute atomic E-state index is 11.4. The minimum Gasteiger partial charge on any atom is -0.316 e. The maximum atomic E-state index is 11.4. The van der Waals surface area contributed by atoms with E-state index in [0.29, 0.717) is 6.42 Å². The molecule has 74 valence electrons. The molecular weight excluding hydrogens is 166 g/mol. The summed E-state index contributed by atoms with van der Waals surface area (Å²) >= 11 is 0. The predicted octanol–water partition coefficient (Wildman–Crippen LogP) is 0.255. The smallest absolute Gasteiger partial charge is 0.177 e. The van der Waals surface area contributed by atoms with Crippen molar-refractivity contribution in [1.29, 1.82) is 5.41 Å². The highest BCUT2D eigenvalue weighted by Crippen LogP contribution is 2.35. The van der Waals surface area contributed by atoms with Gasteiger partial charge in [0.05, 0.1) is 11.9 Å². The summed E-state index contributed by atoms with van der Waals surface area (Å²) in [6, 6.07) is 0. The molecule has 0 spiro atoms. The number of hydrogen-bond acceptors (Lipinski definition) is 4. The monoisotopic (exact) mass is 183 g/mol. The van der Waals surface area contributed by atoms with Crippen molar-refractivity contribution in [2.75, 3.05) is 0 Å². The molecule has 1 saturated carbocycles. The van der Waals surface area contributed by atoms with E-state index >= 15 is 0 Å². The number of nitrogens with two attached hydrogens (primary N) is 2. The highest BCUT2D eigenvalue weighted by molar-refractivity contribution is 6.40. The Morgan fingerprint density at radius 1 is 1.54 bits per heavy atom. The molecule has 0 aliphatic heterocycles. The number of nitrogens with one attached hydrogen (secondary N) is 1. The lowest BCUT2D eigenvalue weighted by molar-refractivity contribution is -0.116. The first-order valence-electron chi connectivity index (χ1n) is 4.46. The van der Waals surface area contributed by atoms with E-state index in [0.717, 1.165) is 6.42 Å². The minimum atomic E-state index is -0.587. The van der Waals surface area contributed by atoms with E-state index in [4.69, 9.17) is 16.9 Å². The molecular formula is C9H17N3O. The number of carbonyl (C=O) groups excluding carboxylic acids is 1. The first-order valence-corrected chi connectivity index (χ1v) is 4.46. The van der Waals surface area contributed by atoms with Gasteiger partial charge in [-0.2, -0.15) is 0 Å². The van der Waals surface area contributed by atoms with Crippen molar-refractivity contribution < 1.29 is 4.79 Å². The summed E-state index contributed by atoms with van der Waals surface area (Å²) in [5.41, 5.74) is 11.1. The Labute approximate surface area is 78.2 Å². The van der Waals surface area contributed by atoms with Crippen molar-refractivity contribution in [3.05, 3.63) is 0 Å². The molecule has 0 aromatic carbocycles. The van der Waals surface area contributed by atoms with E-state index in [-0.39, 0.29) is 22.8 Å². The van der Waals surface area contributed by atoms with Crippen LogP contribution in [0.25, 0.3) is 0 Å². The number of rotatable bonds is 1. The van der Waals surface area contributed by atoms with Crippen molar-refractivity contribution in [2.24, 2.45) is 22.8 Å². The van der Waals surface area contributed by atoms with E-state index in [1.165, 1.54) is 0 Å². The number of Topliss-reactive ketones (excluding diaryl/α,β-unsaturated/α-hetero) is 1. The van der Waals surface area contributed by atoms with Crippen LogP contribution >= 0.6 is 0 Å². The average molecular weight is 183 g/mol. The molecule has 0 radical (unpaired) electrons. The second-order valence-electron chi connectivity index (χ2n) is 4.57. The summed E-state index contributed by atoms with van der Waals surface area (Å²) in [6.07, 6.45) is 0.584. The van der Waals surface area contributed by atoms with Crippen LogP contribution in [0.15, 0.2) is 0 Å². The third-order valence-corrected chi connectivity index (χ3v) is 2.55. The quantitative estimate of drug-likeness (QED) is 0.509.